The summed E-state index contributed by atoms with van der Waals surface area (Å²) in [7, 11) is 1.43. The van der Waals surface area contributed by atoms with Gasteiger partial charge in [0.1, 0.15) is 11.8 Å². The van der Waals surface area contributed by atoms with Crippen molar-refractivity contribution in [3.05, 3.63) is 86.3 Å². The number of carbonyl (C=O) groups is 3. The van der Waals surface area contributed by atoms with Crippen LogP contribution in [-0.4, -0.2) is 49.8 Å². The fourth-order valence-electron chi connectivity index (χ4n) is 3.51. The van der Waals surface area contributed by atoms with Crippen molar-refractivity contribution in [1.82, 2.24) is 10.7 Å². The molecular weight excluding hydrogens is 639 g/mol. The highest BCUT2D eigenvalue weighted by Crippen LogP contribution is 2.36. The predicted molar refractivity (Wildman–Crippen MR) is 160 cm³/mol. The Bertz CT molecular complexity index is 1420. The van der Waals surface area contributed by atoms with Crippen LogP contribution in [0.1, 0.15) is 18.1 Å². The van der Waals surface area contributed by atoms with Gasteiger partial charge in [-0.2, -0.15) is 5.10 Å². The van der Waals surface area contributed by atoms with E-state index >= 15 is 0 Å². The number of methoxy groups -OCH3 is 1. The molecule has 0 unspecified atom stereocenters. The monoisotopic (exact) mass is 664 g/mol. The number of hydrogen-bond donors (Lipinski definition) is 3. The van der Waals surface area contributed by atoms with Gasteiger partial charge in [0, 0.05) is 11.4 Å². The number of amides is 3. The van der Waals surface area contributed by atoms with Crippen LogP contribution in [0, 0.1) is 0 Å². The lowest BCUT2D eigenvalue weighted by Crippen LogP contribution is -2.50. The van der Waals surface area contributed by atoms with Gasteiger partial charge in [-0.1, -0.05) is 53.5 Å². The minimum atomic E-state index is -0.973. The fraction of sp³-hybridized carbons (Fsp3) is 0.214. The molecule has 216 valence electrons. The maximum Gasteiger partial charge on any atom is 0.262 e. The molecule has 3 aromatic carbocycles. The average Bonchev–Trinajstić information content (AvgIpc) is 2.93. The normalized spacial score (nSPS) is 12.3. The maximum absolute atomic E-state index is 13.1. The number of nitrogens with two attached hydrogens (primary N) is 1. The highest BCUT2D eigenvalue weighted by molar-refractivity contribution is 9.10. The van der Waals surface area contributed by atoms with Crippen LogP contribution < -0.4 is 30.7 Å². The van der Waals surface area contributed by atoms with Gasteiger partial charge in [-0.15, -0.1) is 0 Å². The zero-order valence-corrected chi connectivity index (χ0v) is 25.1. The van der Waals surface area contributed by atoms with Crippen molar-refractivity contribution in [2.24, 2.45) is 10.8 Å². The van der Waals surface area contributed by atoms with Gasteiger partial charge < -0.3 is 25.3 Å². The number of rotatable bonds is 13. The number of halogens is 3. The van der Waals surface area contributed by atoms with Crippen LogP contribution in [0.25, 0.3) is 0 Å². The Morgan fingerprint density at radius 3 is 2.44 bits per heavy atom. The largest absolute Gasteiger partial charge is 0.493 e. The SMILES string of the molecule is COc1cc(/C=N\NC(=O)[C@H](Cc2ccccc2)NC(=O)[C@@H](C)Oc2ccc(Cl)cc2Cl)cc(Br)c1OCC(N)=O. The van der Waals surface area contributed by atoms with Gasteiger partial charge in [-0.25, -0.2) is 5.43 Å². The first-order valence-electron chi connectivity index (χ1n) is 12.1. The number of primary amides is 1. The molecule has 0 aliphatic rings. The lowest BCUT2D eigenvalue weighted by Gasteiger charge is -2.21. The second kappa shape index (κ2) is 15.3. The molecule has 0 heterocycles. The predicted octanol–water partition coefficient (Wildman–Crippen LogP) is 4.27. The summed E-state index contributed by atoms with van der Waals surface area (Å²) >= 11 is 15.4. The van der Waals surface area contributed by atoms with Gasteiger partial charge in [-0.3, -0.25) is 14.4 Å². The van der Waals surface area contributed by atoms with Gasteiger partial charge in [-0.05, 0) is 64.3 Å². The lowest BCUT2D eigenvalue weighted by atomic mass is 10.1. The summed E-state index contributed by atoms with van der Waals surface area (Å²) in [5, 5.41) is 7.44. The molecule has 0 spiro atoms. The van der Waals surface area contributed by atoms with E-state index in [1.165, 1.54) is 26.3 Å². The summed E-state index contributed by atoms with van der Waals surface area (Å²) in [6.45, 7) is 1.21. The molecule has 0 aromatic heterocycles. The van der Waals surface area contributed by atoms with Gasteiger partial charge in [0.2, 0.25) is 0 Å². The molecule has 2 atom stereocenters. The van der Waals surface area contributed by atoms with Crippen molar-refractivity contribution in [3.63, 3.8) is 0 Å². The second-order valence-electron chi connectivity index (χ2n) is 8.61. The van der Waals surface area contributed by atoms with E-state index in [9.17, 15) is 14.4 Å². The van der Waals surface area contributed by atoms with Crippen molar-refractivity contribution < 1.29 is 28.6 Å². The standard InChI is InChI=1S/C28H27BrCl2N4O6/c1-16(41-23-9-8-19(30)13-21(23)31)27(37)34-22(11-17-6-4-3-5-7-17)28(38)35-33-14-18-10-20(29)26(24(12-18)39-2)40-15-25(32)36/h3-10,12-14,16,22H,11,15H2,1-2H3,(H2,32,36)(H,34,37)(H,35,38)/b33-14-/t16-,22+/m1/s1. The molecule has 10 nitrogen and oxygen atoms in total. The van der Waals surface area contributed by atoms with E-state index in [4.69, 9.17) is 43.1 Å². The van der Waals surface area contributed by atoms with Crippen LogP contribution in [0.2, 0.25) is 10.0 Å². The second-order valence-corrected chi connectivity index (χ2v) is 10.3. The molecule has 0 radical (unpaired) electrons. The van der Waals surface area contributed by atoms with E-state index in [-0.39, 0.29) is 29.5 Å². The Morgan fingerprint density at radius 1 is 1.05 bits per heavy atom. The van der Waals surface area contributed by atoms with Crippen LogP contribution in [0.3, 0.4) is 0 Å². The summed E-state index contributed by atoms with van der Waals surface area (Å²) in [5.41, 5.74) is 8.98. The lowest BCUT2D eigenvalue weighted by molar-refractivity contribution is -0.132. The number of ether oxygens (including phenoxy) is 3. The van der Waals surface area contributed by atoms with Crippen LogP contribution in [0.5, 0.6) is 17.2 Å². The molecule has 0 bridgehead atoms. The molecular formula is C28H27BrCl2N4O6. The first-order chi connectivity index (χ1) is 19.6. The molecule has 0 fully saturated rings. The van der Waals surface area contributed by atoms with Crippen LogP contribution >= 0.6 is 39.1 Å². The molecule has 0 saturated carbocycles. The molecule has 13 heteroatoms. The highest BCUT2D eigenvalue weighted by Gasteiger charge is 2.25. The molecule has 3 amide bonds. The van der Waals surface area contributed by atoms with E-state index in [1.807, 2.05) is 30.3 Å². The van der Waals surface area contributed by atoms with Crippen molar-refractivity contribution >= 4 is 63.1 Å². The van der Waals surface area contributed by atoms with Crippen molar-refractivity contribution in [2.75, 3.05) is 13.7 Å². The summed E-state index contributed by atoms with van der Waals surface area (Å²) in [6.07, 6.45) is 0.621. The van der Waals surface area contributed by atoms with Gasteiger partial charge in [0.25, 0.3) is 17.7 Å². The summed E-state index contributed by atoms with van der Waals surface area (Å²) in [5.74, 6) is -0.843. The molecule has 41 heavy (non-hydrogen) atoms. The number of nitrogens with one attached hydrogen (secondary N) is 2. The average molecular weight is 666 g/mol. The van der Waals surface area contributed by atoms with E-state index in [0.717, 1.165) is 5.56 Å². The van der Waals surface area contributed by atoms with Crippen LogP contribution in [-0.2, 0) is 20.8 Å². The number of nitrogens with zero attached hydrogens (tertiary/aromatic N) is 1. The van der Waals surface area contributed by atoms with Crippen molar-refractivity contribution in [1.29, 1.82) is 0 Å². The summed E-state index contributed by atoms with van der Waals surface area (Å²) in [6, 6.07) is 16.1. The van der Waals surface area contributed by atoms with E-state index < -0.39 is 29.9 Å². The smallest absolute Gasteiger partial charge is 0.262 e. The summed E-state index contributed by atoms with van der Waals surface area (Å²) < 4.78 is 16.9. The van der Waals surface area contributed by atoms with Crippen molar-refractivity contribution in [3.8, 4) is 17.2 Å². The van der Waals surface area contributed by atoms with Crippen molar-refractivity contribution in [2.45, 2.75) is 25.5 Å². The van der Waals surface area contributed by atoms with Gasteiger partial charge >= 0.3 is 0 Å². The zero-order valence-electron chi connectivity index (χ0n) is 22.0. The number of benzene rings is 3. The Kier molecular flexibility index (Phi) is 11.8. The molecule has 3 rings (SSSR count). The molecule has 0 aliphatic heterocycles. The van der Waals surface area contributed by atoms with Gasteiger partial charge in [0.05, 0.1) is 22.8 Å². The first-order valence-corrected chi connectivity index (χ1v) is 13.7. The maximum atomic E-state index is 13.1. The molecule has 0 saturated heterocycles. The molecule has 0 aliphatic carbocycles. The topological polar surface area (TPSA) is 141 Å². The Balaban J connectivity index is 1.72. The first kappa shape index (κ1) is 31.7. The van der Waals surface area contributed by atoms with Crippen LogP contribution in [0.4, 0.5) is 0 Å². The third-order valence-corrected chi connectivity index (χ3v) is 6.60. The fourth-order valence-corrected chi connectivity index (χ4v) is 4.54. The molecule has 3 aromatic rings. The minimum Gasteiger partial charge on any atom is -0.493 e. The quantitative estimate of drug-likeness (QED) is 0.184. The third-order valence-electron chi connectivity index (χ3n) is 5.48. The minimum absolute atomic E-state index is 0.202. The Hall–Kier alpha value is -3.80. The summed E-state index contributed by atoms with van der Waals surface area (Å²) in [4.78, 5) is 37.2. The number of hydrazone groups is 1. The van der Waals surface area contributed by atoms with Crippen LogP contribution in [0.15, 0.2) is 70.2 Å². The zero-order chi connectivity index (χ0) is 29.9. The van der Waals surface area contributed by atoms with E-state index in [2.05, 4.69) is 31.8 Å². The third kappa shape index (κ3) is 9.66. The van der Waals surface area contributed by atoms with E-state index in [1.54, 1.807) is 24.3 Å². The van der Waals surface area contributed by atoms with E-state index in [0.29, 0.717) is 20.8 Å². The number of carbonyl (C=O) groups excluding carboxylic acids is 3. The Morgan fingerprint density at radius 2 is 1.78 bits per heavy atom. The Labute approximate surface area is 255 Å². The molecule has 4 N–H and O–H groups in total. The van der Waals surface area contributed by atoms with Gasteiger partial charge in [0.15, 0.2) is 24.2 Å². The number of hydrogen-bond acceptors (Lipinski definition) is 7. The highest BCUT2D eigenvalue weighted by atomic mass is 79.9.